The summed E-state index contributed by atoms with van der Waals surface area (Å²) in [6.07, 6.45) is 4.08. The molecule has 0 radical (unpaired) electrons. The van der Waals surface area contributed by atoms with Crippen LogP contribution in [0.5, 0.6) is 0 Å². The molecule has 1 fully saturated rings. The zero-order valence-corrected chi connectivity index (χ0v) is 8.77. The number of likely N-dealkylation sites (tertiary alicyclic amines) is 1. The van der Waals surface area contributed by atoms with E-state index in [4.69, 9.17) is 0 Å². The minimum Gasteiger partial charge on any atom is -0.305 e. The first-order chi connectivity index (χ1) is 6.34. The molecule has 13 heavy (non-hydrogen) atoms. The van der Waals surface area contributed by atoms with Crippen molar-refractivity contribution in [1.82, 2.24) is 10.2 Å². The van der Waals surface area contributed by atoms with Gasteiger partial charge in [-0.3, -0.25) is 0 Å². The first kappa shape index (κ1) is 10.6. The summed E-state index contributed by atoms with van der Waals surface area (Å²) >= 11 is 0. The molecule has 0 saturated carbocycles. The Balaban J connectivity index is 2.14. The lowest BCUT2D eigenvalue weighted by atomic mass is 10.0. The Bertz CT molecular complexity index is 190. The molecule has 1 unspecified atom stereocenters. The number of hydrogen-bond acceptors (Lipinski definition) is 2. The topological polar surface area (TPSA) is 15.3 Å². The summed E-state index contributed by atoms with van der Waals surface area (Å²) < 4.78 is 0. The summed E-state index contributed by atoms with van der Waals surface area (Å²) in [4.78, 5) is 2.45. The van der Waals surface area contributed by atoms with E-state index >= 15 is 0 Å². The summed E-state index contributed by atoms with van der Waals surface area (Å²) in [5.41, 5.74) is 0. The van der Waals surface area contributed by atoms with Crippen molar-refractivity contribution in [3.05, 3.63) is 0 Å². The number of rotatable bonds is 3. The molecule has 2 heteroatoms. The van der Waals surface area contributed by atoms with Crippen LogP contribution in [0.3, 0.4) is 0 Å². The maximum Gasteiger partial charge on any atom is 0.0576 e. The molecule has 74 valence electrons. The van der Waals surface area contributed by atoms with Crippen molar-refractivity contribution in [2.24, 2.45) is 0 Å². The normalized spacial score (nSPS) is 23.7. The van der Waals surface area contributed by atoms with E-state index in [1.54, 1.807) is 0 Å². The molecule has 1 heterocycles. The minimum atomic E-state index is 0.729. The second-order valence-corrected chi connectivity index (χ2v) is 3.69. The molecule has 0 bridgehead atoms. The SMILES string of the molecule is CC#CCNCC1CCCCN1C. The second kappa shape index (κ2) is 6.01. The van der Waals surface area contributed by atoms with E-state index in [1.165, 1.54) is 25.8 Å². The van der Waals surface area contributed by atoms with Crippen LogP contribution in [-0.4, -0.2) is 37.6 Å². The number of nitrogens with zero attached hydrogens (tertiary/aromatic N) is 1. The van der Waals surface area contributed by atoms with Gasteiger partial charge in [0.25, 0.3) is 0 Å². The highest BCUT2D eigenvalue weighted by Crippen LogP contribution is 2.13. The van der Waals surface area contributed by atoms with Crippen LogP contribution >= 0.6 is 0 Å². The molecule has 1 atom stereocenters. The molecule has 0 aliphatic carbocycles. The van der Waals surface area contributed by atoms with E-state index in [9.17, 15) is 0 Å². The van der Waals surface area contributed by atoms with Gasteiger partial charge in [0.1, 0.15) is 0 Å². The van der Waals surface area contributed by atoms with Gasteiger partial charge >= 0.3 is 0 Å². The van der Waals surface area contributed by atoms with Crippen LogP contribution < -0.4 is 5.32 Å². The van der Waals surface area contributed by atoms with E-state index in [2.05, 4.69) is 29.1 Å². The Morgan fingerprint density at radius 3 is 3.00 bits per heavy atom. The summed E-state index contributed by atoms with van der Waals surface area (Å²) in [5, 5.41) is 3.37. The number of likely N-dealkylation sites (N-methyl/N-ethyl adjacent to an activating group) is 1. The fourth-order valence-corrected chi connectivity index (χ4v) is 1.79. The van der Waals surface area contributed by atoms with Crippen molar-refractivity contribution in [3.63, 3.8) is 0 Å². The van der Waals surface area contributed by atoms with Crippen LogP contribution in [0.1, 0.15) is 26.2 Å². The molecule has 0 spiro atoms. The van der Waals surface area contributed by atoms with Crippen LogP contribution in [0.4, 0.5) is 0 Å². The van der Waals surface area contributed by atoms with Crippen molar-refractivity contribution in [3.8, 4) is 11.8 Å². The largest absolute Gasteiger partial charge is 0.305 e. The minimum absolute atomic E-state index is 0.729. The summed E-state index contributed by atoms with van der Waals surface area (Å²) in [7, 11) is 2.22. The Morgan fingerprint density at radius 1 is 1.46 bits per heavy atom. The van der Waals surface area contributed by atoms with Crippen LogP contribution in [0.25, 0.3) is 0 Å². The van der Waals surface area contributed by atoms with E-state index in [1.807, 2.05) is 6.92 Å². The van der Waals surface area contributed by atoms with Gasteiger partial charge in [-0.15, -0.1) is 5.92 Å². The summed E-state index contributed by atoms with van der Waals surface area (Å²) in [5.74, 6) is 5.91. The van der Waals surface area contributed by atoms with Crippen molar-refractivity contribution < 1.29 is 0 Å². The summed E-state index contributed by atoms with van der Waals surface area (Å²) in [6, 6.07) is 0.729. The van der Waals surface area contributed by atoms with Crippen molar-refractivity contribution in [2.75, 3.05) is 26.7 Å². The number of piperidine rings is 1. The molecule has 0 aromatic rings. The molecule has 1 N–H and O–H groups in total. The predicted octanol–water partition coefficient (Wildman–Crippen LogP) is 1.08. The first-order valence-corrected chi connectivity index (χ1v) is 5.15. The Morgan fingerprint density at radius 2 is 2.31 bits per heavy atom. The van der Waals surface area contributed by atoms with Gasteiger partial charge in [-0.25, -0.2) is 0 Å². The Kier molecular flexibility index (Phi) is 4.88. The smallest absolute Gasteiger partial charge is 0.0576 e. The van der Waals surface area contributed by atoms with E-state index in [0.29, 0.717) is 0 Å². The fraction of sp³-hybridized carbons (Fsp3) is 0.818. The predicted molar refractivity (Wildman–Crippen MR) is 56.6 cm³/mol. The average molecular weight is 180 g/mol. The highest BCUT2D eigenvalue weighted by Gasteiger charge is 2.17. The fourth-order valence-electron chi connectivity index (χ4n) is 1.79. The van der Waals surface area contributed by atoms with E-state index in [-0.39, 0.29) is 0 Å². The molecule has 1 rings (SSSR count). The lowest BCUT2D eigenvalue weighted by Crippen LogP contribution is -2.43. The lowest BCUT2D eigenvalue weighted by Gasteiger charge is -2.32. The Labute approximate surface area is 81.7 Å². The molecule has 2 nitrogen and oxygen atoms in total. The lowest BCUT2D eigenvalue weighted by molar-refractivity contribution is 0.183. The van der Waals surface area contributed by atoms with E-state index < -0.39 is 0 Å². The van der Waals surface area contributed by atoms with Gasteiger partial charge in [0.05, 0.1) is 6.54 Å². The molecular formula is C11H20N2. The molecule has 0 amide bonds. The highest BCUT2D eigenvalue weighted by atomic mass is 15.2. The quantitative estimate of drug-likeness (QED) is 0.516. The number of nitrogens with one attached hydrogen (secondary N) is 1. The zero-order valence-electron chi connectivity index (χ0n) is 8.77. The van der Waals surface area contributed by atoms with Gasteiger partial charge in [0, 0.05) is 12.6 Å². The molecule has 0 aromatic heterocycles. The molecule has 1 aliphatic heterocycles. The van der Waals surface area contributed by atoms with Crippen LogP contribution in [0, 0.1) is 11.8 Å². The monoisotopic (exact) mass is 180 g/mol. The van der Waals surface area contributed by atoms with Gasteiger partial charge in [-0.05, 0) is 33.4 Å². The van der Waals surface area contributed by atoms with Crippen LogP contribution in [0.2, 0.25) is 0 Å². The third kappa shape index (κ3) is 3.80. The van der Waals surface area contributed by atoms with Crippen LogP contribution in [-0.2, 0) is 0 Å². The number of hydrogen-bond donors (Lipinski definition) is 1. The molecule has 1 saturated heterocycles. The van der Waals surface area contributed by atoms with Crippen molar-refractivity contribution >= 4 is 0 Å². The second-order valence-electron chi connectivity index (χ2n) is 3.69. The van der Waals surface area contributed by atoms with Gasteiger partial charge in [-0.1, -0.05) is 12.3 Å². The average Bonchev–Trinajstić information content (AvgIpc) is 2.15. The van der Waals surface area contributed by atoms with Gasteiger partial charge in [-0.2, -0.15) is 0 Å². The standard InChI is InChI=1S/C11H20N2/c1-3-4-8-12-10-11-7-5-6-9-13(11)2/h11-12H,5-10H2,1-2H3. The molecule has 0 aromatic carbocycles. The van der Waals surface area contributed by atoms with Crippen molar-refractivity contribution in [1.29, 1.82) is 0 Å². The van der Waals surface area contributed by atoms with E-state index in [0.717, 1.165) is 19.1 Å². The van der Waals surface area contributed by atoms with Crippen molar-refractivity contribution in [2.45, 2.75) is 32.2 Å². The molecular weight excluding hydrogens is 160 g/mol. The zero-order chi connectivity index (χ0) is 9.52. The van der Waals surface area contributed by atoms with Crippen LogP contribution in [0.15, 0.2) is 0 Å². The molecule has 1 aliphatic rings. The maximum atomic E-state index is 3.37. The highest BCUT2D eigenvalue weighted by molar-refractivity contribution is 4.97. The van der Waals surface area contributed by atoms with Gasteiger partial charge < -0.3 is 10.2 Å². The Hall–Kier alpha value is -0.520. The maximum absolute atomic E-state index is 3.37. The third-order valence-corrected chi connectivity index (χ3v) is 2.69. The van der Waals surface area contributed by atoms with Gasteiger partial charge in [0.15, 0.2) is 0 Å². The summed E-state index contributed by atoms with van der Waals surface area (Å²) in [6.45, 7) is 5.06. The first-order valence-electron chi connectivity index (χ1n) is 5.15. The van der Waals surface area contributed by atoms with Gasteiger partial charge in [0.2, 0.25) is 0 Å². The third-order valence-electron chi connectivity index (χ3n) is 2.69.